The molecule has 6 heteroatoms. The largest absolute Gasteiger partial charge is 0.484 e. The number of nitrogens with zero attached hydrogens (tertiary/aromatic N) is 3. The minimum Gasteiger partial charge on any atom is -0.484 e. The third-order valence-electron chi connectivity index (χ3n) is 4.46. The van der Waals surface area contributed by atoms with Gasteiger partial charge in [0.2, 0.25) is 0 Å². The summed E-state index contributed by atoms with van der Waals surface area (Å²) in [4.78, 5) is 21.5. The van der Waals surface area contributed by atoms with Gasteiger partial charge in [-0.3, -0.25) is 9.69 Å². The lowest BCUT2D eigenvalue weighted by molar-refractivity contribution is -0.120. The quantitative estimate of drug-likeness (QED) is 0.600. The Kier molecular flexibility index (Phi) is 6.31. The fourth-order valence-corrected chi connectivity index (χ4v) is 4.09. The topological polar surface area (TPSA) is 45.7 Å². The van der Waals surface area contributed by atoms with Crippen LogP contribution < -0.4 is 9.64 Å². The molecule has 1 aromatic heterocycles. The molecule has 0 spiro atoms. The number of likely N-dealkylation sites (N-methyl/N-ethyl adjacent to an activating group) is 1. The van der Waals surface area contributed by atoms with Gasteiger partial charge in [0.15, 0.2) is 11.7 Å². The van der Waals surface area contributed by atoms with E-state index < -0.39 is 0 Å². The number of hydrogen-bond donors (Lipinski definition) is 0. The summed E-state index contributed by atoms with van der Waals surface area (Å²) in [6, 6.07) is 12.0. The fraction of sp³-hybridized carbons (Fsp3) is 0.364. The van der Waals surface area contributed by atoms with Crippen LogP contribution in [0.1, 0.15) is 16.7 Å². The standard InChI is InChI=1S/C22H27N3O2S/c1-15-7-6-8-18(12-15)27-14-20(26)25(10-9-24(4)5)22-23-19-13-16(2)11-17(3)21(19)28-22/h6-8,11-13H,9-10,14H2,1-5H3. The van der Waals surface area contributed by atoms with E-state index in [4.69, 9.17) is 9.72 Å². The van der Waals surface area contributed by atoms with E-state index in [2.05, 4.69) is 30.9 Å². The molecule has 0 unspecified atom stereocenters. The number of fused-ring (bicyclic) bond motifs is 1. The second-order valence-corrected chi connectivity index (χ2v) is 8.36. The molecule has 0 saturated heterocycles. The molecule has 1 heterocycles. The van der Waals surface area contributed by atoms with Gasteiger partial charge in [-0.2, -0.15) is 0 Å². The lowest BCUT2D eigenvalue weighted by atomic mass is 10.1. The van der Waals surface area contributed by atoms with Gasteiger partial charge in [-0.15, -0.1) is 0 Å². The van der Waals surface area contributed by atoms with E-state index in [1.165, 1.54) is 11.1 Å². The number of aryl methyl sites for hydroxylation is 3. The number of carbonyl (C=O) groups is 1. The van der Waals surface area contributed by atoms with Crippen molar-refractivity contribution in [3.8, 4) is 5.75 Å². The maximum atomic E-state index is 13.0. The van der Waals surface area contributed by atoms with Gasteiger partial charge in [0, 0.05) is 13.1 Å². The van der Waals surface area contributed by atoms with Crippen molar-refractivity contribution in [1.29, 1.82) is 0 Å². The number of hydrogen-bond acceptors (Lipinski definition) is 5. The highest BCUT2D eigenvalue weighted by atomic mass is 32.1. The molecule has 5 nitrogen and oxygen atoms in total. The zero-order valence-electron chi connectivity index (χ0n) is 17.2. The zero-order valence-corrected chi connectivity index (χ0v) is 18.0. The number of aromatic nitrogens is 1. The maximum absolute atomic E-state index is 13.0. The Labute approximate surface area is 170 Å². The minimum absolute atomic E-state index is 0.00911. The van der Waals surface area contributed by atoms with Crippen LogP contribution in [-0.2, 0) is 4.79 Å². The molecule has 0 bridgehead atoms. The van der Waals surface area contributed by atoms with E-state index >= 15 is 0 Å². The molecular formula is C22H27N3O2S. The molecule has 0 aliphatic heterocycles. The molecule has 148 valence electrons. The summed E-state index contributed by atoms with van der Waals surface area (Å²) in [7, 11) is 4.00. The average Bonchev–Trinajstić information content (AvgIpc) is 3.04. The Morgan fingerprint density at radius 2 is 1.86 bits per heavy atom. The molecule has 2 aromatic carbocycles. The number of carbonyl (C=O) groups excluding carboxylic acids is 1. The van der Waals surface area contributed by atoms with Gasteiger partial charge in [0.25, 0.3) is 5.91 Å². The predicted molar refractivity (Wildman–Crippen MR) is 117 cm³/mol. The zero-order chi connectivity index (χ0) is 20.3. The first-order valence-corrected chi connectivity index (χ1v) is 10.2. The molecule has 28 heavy (non-hydrogen) atoms. The van der Waals surface area contributed by atoms with Crippen LogP contribution >= 0.6 is 11.3 Å². The summed E-state index contributed by atoms with van der Waals surface area (Å²) in [5, 5.41) is 0.725. The van der Waals surface area contributed by atoms with Crippen LogP contribution in [-0.4, -0.2) is 49.6 Å². The molecule has 3 aromatic rings. The molecule has 0 N–H and O–H groups in total. The molecule has 0 aliphatic carbocycles. The van der Waals surface area contributed by atoms with Gasteiger partial charge >= 0.3 is 0 Å². The van der Waals surface area contributed by atoms with Crippen LogP contribution in [0.4, 0.5) is 5.13 Å². The van der Waals surface area contributed by atoms with Crippen molar-refractivity contribution in [2.24, 2.45) is 0 Å². The molecule has 3 rings (SSSR count). The predicted octanol–water partition coefficient (Wildman–Crippen LogP) is 4.20. The van der Waals surface area contributed by atoms with Crippen LogP contribution in [0.2, 0.25) is 0 Å². The summed E-state index contributed by atoms with van der Waals surface area (Å²) < 4.78 is 6.87. The lowest BCUT2D eigenvalue weighted by Crippen LogP contribution is -2.39. The van der Waals surface area contributed by atoms with Crippen LogP contribution in [0.25, 0.3) is 10.2 Å². The Morgan fingerprint density at radius 1 is 1.07 bits per heavy atom. The van der Waals surface area contributed by atoms with Crippen LogP contribution in [0.15, 0.2) is 36.4 Å². The molecule has 0 saturated carbocycles. The van der Waals surface area contributed by atoms with Crippen molar-refractivity contribution in [1.82, 2.24) is 9.88 Å². The van der Waals surface area contributed by atoms with E-state index in [0.717, 1.165) is 27.5 Å². The van der Waals surface area contributed by atoms with Gasteiger partial charge in [0.1, 0.15) is 5.75 Å². The summed E-state index contributed by atoms with van der Waals surface area (Å²) in [5.41, 5.74) is 4.41. The first kappa shape index (κ1) is 20.3. The monoisotopic (exact) mass is 397 g/mol. The minimum atomic E-state index is -0.0863. The van der Waals surface area contributed by atoms with Crippen molar-refractivity contribution in [2.45, 2.75) is 20.8 Å². The second kappa shape index (κ2) is 8.71. The fourth-order valence-electron chi connectivity index (χ4n) is 3.04. The van der Waals surface area contributed by atoms with Crippen molar-refractivity contribution in [2.75, 3.05) is 38.7 Å². The molecule has 0 atom stereocenters. The third-order valence-corrected chi connectivity index (χ3v) is 5.69. The lowest BCUT2D eigenvalue weighted by Gasteiger charge is -2.22. The van der Waals surface area contributed by atoms with Gasteiger partial charge in [-0.25, -0.2) is 4.98 Å². The van der Waals surface area contributed by atoms with Crippen LogP contribution in [0, 0.1) is 20.8 Å². The van der Waals surface area contributed by atoms with E-state index in [9.17, 15) is 4.79 Å². The molecule has 0 aliphatic rings. The summed E-state index contributed by atoms with van der Waals surface area (Å²) in [6.07, 6.45) is 0. The SMILES string of the molecule is Cc1cccc(OCC(=O)N(CCN(C)C)c2nc3cc(C)cc(C)c3s2)c1. The number of anilines is 1. The van der Waals surface area contributed by atoms with Gasteiger partial charge in [-0.05, 0) is 69.8 Å². The summed E-state index contributed by atoms with van der Waals surface area (Å²) in [6.45, 7) is 7.47. The molecule has 0 fully saturated rings. The molecule has 1 amide bonds. The summed E-state index contributed by atoms with van der Waals surface area (Å²) in [5.74, 6) is 0.619. The smallest absolute Gasteiger partial charge is 0.266 e. The second-order valence-electron chi connectivity index (χ2n) is 7.38. The van der Waals surface area contributed by atoms with Crippen molar-refractivity contribution < 1.29 is 9.53 Å². The van der Waals surface area contributed by atoms with Crippen molar-refractivity contribution in [3.05, 3.63) is 53.1 Å². The molecule has 0 radical (unpaired) electrons. The first-order valence-electron chi connectivity index (χ1n) is 9.36. The highest BCUT2D eigenvalue weighted by molar-refractivity contribution is 7.22. The number of rotatable bonds is 7. The van der Waals surface area contributed by atoms with E-state index in [-0.39, 0.29) is 12.5 Å². The van der Waals surface area contributed by atoms with Gasteiger partial charge < -0.3 is 9.64 Å². The third kappa shape index (κ3) is 4.88. The highest BCUT2D eigenvalue weighted by Crippen LogP contribution is 2.32. The average molecular weight is 398 g/mol. The highest BCUT2D eigenvalue weighted by Gasteiger charge is 2.21. The van der Waals surface area contributed by atoms with Crippen LogP contribution in [0.5, 0.6) is 5.75 Å². The van der Waals surface area contributed by atoms with Gasteiger partial charge in [0.05, 0.1) is 10.2 Å². The van der Waals surface area contributed by atoms with Gasteiger partial charge in [-0.1, -0.05) is 29.5 Å². The number of amides is 1. The van der Waals surface area contributed by atoms with Crippen molar-refractivity contribution >= 4 is 32.6 Å². The van der Waals surface area contributed by atoms with Crippen molar-refractivity contribution in [3.63, 3.8) is 0 Å². The molecular weight excluding hydrogens is 370 g/mol. The van der Waals surface area contributed by atoms with E-state index in [1.807, 2.05) is 45.3 Å². The number of thiazole rings is 1. The summed E-state index contributed by atoms with van der Waals surface area (Å²) >= 11 is 1.56. The van der Waals surface area contributed by atoms with E-state index in [0.29, 0.717) is 12.3 Å². The Balaban J connectivity index is 1.83. The van der Waals surface area contributed by atoms with Crippen LogP contribution in [0.3, 0.4) is 0 Å². The maximum Gasteiger partial charge on any atom is 0.266 e. The van der Waals surface area contributed by atoms with E-state index in [1.54, 1.807) is 16.2 Å². The normalized spacial score (nSPS) is 11.2. The number of benzene rings is 2. The Morgan fingerprint density at radius 3 is 2.57 bits per heavy atom. The Hall–Kier alpha value is -2.44. The Bertz CT molecular complexity index is 981. The number of ether oxygens (including phenoxy) is 1. The first-order chi connectivity index (χ1) is 13.3.